The van der Waals surface area contributed by atoms with Crippen LogP contribution in [-0.4, -0.2) is 48.6 Å². The van der Waals surface area contributed by atoms with Crippen molar-refractivity contribution in [2.75, 3.05) is 13.6 Å². The summed E-state index contributed by atoms with van der Waals surface area (Å²) in [5.41, 5.74) is 0. The Morgan fingerprint density at radius 1 is 1.33 bits per heavy atom. The molecule has 104 valence electrons. The largest absolute Gasteiger partial charge is 0.358 e. The highest BCUT2D eigenvalue weighted by Gasteiger charge is 2.41. The second-order valence-corrected chi connectivity index (χ2v) is 5.70. The van der Waals surface area contributed by atoms with Crippen molar-refractivity contribution >= 4 is 5.91 Å². The van der Waals surface area contributed by atoms with Crippen LogP contribution in [0.1, 0.15) is 46.0 Å². The Morgan fingerprint density at radius 3 is 2.44 bits per heavy atom. The number of nitrogens with zero attached hydrogens (tertiary/aromatic N) is 1. The van der Waals surface area contributed by atoms with Crippen LogP contribution in [0.5, 0.6) is 0 Å². The molecule has 18 heavy (non-hydrogen) atoms. The van der Waals surface area contributed by atoms with Gasteiger partial charge in [0.15, 0.2) is 0 Å². The predicted molar refractivity (Wildman–Crippen MR) is 73.5 cm³/mol. The van der Waals surface area contributed by atoms with Crippen molar-refractivity contribution in [3.05, 3.63) is 0 Å². The molecule has 3 unspecified atom stereocenters. The number of carbonyl (C=O) groups excluding carboxylic acids is 1. The second kappa shape index (κ2) is 6.02. The van der Waals surface area contributed by atoms with Gasteiger partial charge in [-0.3, -0.25) is 9.69 Å². The Bertz CT molecular complexity index is 281. The van der Waals surface area contributed by atoms with E-state index >= 15 is 0 Å². The fourth-order valence-electron chi connectivity index (χ4n) is 3.85. The van der Waals surface area contributed by atoms with E-state index in [-0.39, 0.29) is 11.9 Å². The van der Waals surface area contributed by atoms with E-state index in [9.17, 15) is 4.79 Å². The summed E-state index contributed by atoms with van der Waals surface area (Å²) in [5.74, 6) is 0.161. The molecule has 1 amide bonds. The van der Waals surface area contributed by atoms with Gasteiger partial charge in [0.25, 0.3) is 0 Å². The molecule has 2 N–H and O–H groups in total. The molecule has 2 heterocycles. The van der Waals surface area contributed by atoms with Gasteiger partial charge in [0, 0.05) is 25.2 Å². The maximum absolute atomic E-state index is 11.9. The molecule has 2 rings (SSSR count). The number of carbonyl (C=O) groups is 1. The van der Waals surface area contributed by atoms with Gasteiger partial charge in [-0.1, -0.05) is 13.3 Å². The summed E-state index contributed by atoms with van der Waals surface area (Å²) in [6, 6.07) is 1.86. The molecule has 0 spiro atoms. The quantitative estimate of drug-likeness (QED) is 0.789. The Hall–Kier alpha value is -0.610. The molecule has 0 aromatic heterocycles. The van der Waals surface area contributed by atoms with Crippen molar-refractivity contribution in [2.45, 2.75) is 70.1 Å². The fraction of sp³-hybridized carbons (Fsp3) is 0.929. The van der Waals surface area contributed by atoms with Gasteiger partial charge in [0.2, 0.25) is 5.91 Å². The number of rotatable bonds is 4. The van der Waals surface area contributed by atoms with E-state index in [2.05, 4.69) is 29.4 Å². The molecule has 0 aliphatic carbocycles. The number of piperidine rings is 2. The SMILES string of the molecule is CCNC1CC2CCCC(C1)N2C(C)C(=O)NC. The molecular formula is C14H27N3O. The van der Waals surface area contributed by atoms with Crippen LogP contribution in [0.4, 0.5) is 0 Å². The van der Waals surface area contributed by atoms with Crippen molar-refractivity contribution in [3.63, 3.8) is 0 Å². The summed E-state index contributed by atoms with van der Waals surface area (Å²) in [6.45, 7) is 5.28. The minimum Gasteiger partial charge on any atom is -0.358 e. The smallest absolute Gasteiger partial charge is 0.236 e. The maximum atomic E-state index is 11.9. The van der Waals surface area contributed by atoms with Crippen LogP contribution < -0.4 is 10.6 Å². The number of nitrogens with one attached hydrogen (secondary N) is 2. The molecule has 4 nitrogen and oxygen atoms in total. The van der Waals surface area contributed by atoms with E-state index in [4.69, 9.17) is 0 Å². The van der Waals surface area contributed by atoms with Crippen LogP contribution in [0.25, 0.3) is 0 Å². The lowest BCUT2D eigenvalue weighted by Crippen LogP contribution is -2.61. The van der Waals surface area contributed by atoms with Gasteiger partial charge in [0.05, 0.1) is 6.04 Å². The lowest BCUT2D eigenvalue weighted by atomic mass is 9.80. The summed E-state index contributed by atoms with van der Waals surface area (Å²) in [6.07, 6.45) is 6.22. The molecular weight excluding hydrogens is 226 g/mol. The van der Waals surface area contributed by atoms with Crippen LogP contribution in [0.3, 0.4) is 0 Å². The first-order valence-electron chi connectivity index (χ1n) is 7.39. The van der Waals surface area contributed by atoms with Crippen LogP contribution in [0.15, 0.2) is 0 Å². The second-order valence-electron chi connectivity index (χ2n) is 5.70. The first kappa shape index (κ1) is 13.8. The van der Waals surface area contributed by atoms with Crippen molar-refractivity contribution in [2.24, 2.45) is 0 Å². The molecule has 0 saturated carbocycles. The standard InChI is InChI=1S/C14H27N3O/c1-4-16-11-8-12-6-5-7-13(9-11)17(12)10(2)14(18)15-3/h10-13,16H,4-9H2,1-3H3,(H,15,18). The number of amides is 1. The number of fused-ring (bicyclic) bond motifs is 2. The highest BCUT2D eigenvalue weighted by Crippen LogP contribution is 2.35. The first-order valence-corrected chi connectivity index (χ1v) is 7.39. The predicted octanol–water partition coefficient (Wildman–Crippen LogP) is 1.12. The van der Waals surface area contributed by atoms with Crippen molar-refractivity contribution in [1.29, 1.82) is 0 Å². The molecule has 2 saturated heterocycles. The topological polar surface area (TPSA) is 44.4 Å². The van der Waals surface area contributed by atoms with Crippen LogP contribution in [0.2, 0.25) is 0 Å². The first-order chi connectivity index (χ1) is 8.67. The van der Waals surface area contributed by atoms with Gasteiger partial charge in [-0.15, -0.1) is 0 Å². The normalized spacial score (nSPS) is 34.1. The molecule has 0 aromatic rings. The highest BCUT2D eigenvalue weighted by molar-refractivity contribution is 5.81. The van der Waals surface area contributed by atoms with E-state index in [1.807, 2.05) is 0 Å². The van der Waals surface area contributed by atoms with Gasteiger partial charge >= 0.3 is 0 Å². The van der Waals surface area contributed by atoms with Crippen molar-refractivity contribution in [3.8, 4) is 0 Å². The molecule has 2 bridgehead atoms. The van der Waals surface area contributed by atoms with E-state index in [1.165, 1.54) is 32.1 Å². The number of hydrogen-bond acceptors (Lipinski definition) is 3. The molecule has 3 atom stereocenters. The van der Waals surface area contributed by atoms with Crippen LogP contribution in [0, 0.1) is 0 Å². The van der Waals surface area contributed by atoms with Gasteiger partial charge in [0.1, 0.15) is 0 Å². The summed E-state index contributed by atoms with van der Waals surface area (Å²) in [4.78, 5) is 14.4. The summed E-state index contributed by atoms with van der Waals surface area (Å²) >= 11 is 0. The molecule has 2 aliphatic rings. The van der Waals surface area contributed by atoms with Gasteiger partial charge in [-0.2, -0.15) is 0 Å². The molecule has 0 aromatic carbocycles. The molecule has 0 radical (unpaired) electrons. The van der Waals surface area contributed by atoms with E-state index in [1.54, 1.807) is 7.05 Å². The number of hydrogen-bond donors (Lipinski definition) is 2. The minimum absolute atomic E-state index is 0.0212. The van der Waals surface area contributed by atoms with Crippen molar-refractivity contribution in [1.82, 2.24) is 15.5 Å². The zero-order valence-electron chi connectivity index (χ0n) is 11.9. The minimum atomic E-state index is 0.0212. The van der Waals surface area contributed by atoms with Crippen LogP contribution >= 0.6 is 0 Å². The third kappa shape index (κ3) is 2.69. The summed E-state index contributed by atoms with van der Waals surface area (Å²) in [7, 11) is 1.74. The van der Waals surface area contributed by atoms with Gasteiger partial charge in [-0.25, -0.2) is 0 Å². The Morgan fingerprint density at radius 2 is 1.94 bits per heavy atom. The zero-order valence-corrected chi connectivity index (χ0v) is 11.9. The third-order valence-corrected chi connectivity index (χ3v) is 4.60. The number of likely N-dealkylation sites (N-methyl/N-ethyl adjacent to an activating group) is 1. The van der Waals surface area contributed by atoms with Crippen molar-refractivity contribution < 1.29 is 4.79 Å². The lowest BCUT2D eigenvalue weighted by Gasteiger charge is -2.51. The molecule has 2 aliphatic heterocycles. The monoisotopic (exact) mass is 253 g/mol. The highest BCUT2D eigenvalue weighted by atomic mass is 16.2. The van der Waals surface area contributed by atoms with E-state index < -0.39 is 0 Å². The van der Waals surface area contributed by atoms with E-state index in [0.717, 1.165) is 6.54 Å². The fourth-order valence-corrected chi connectivity index (χ4v) is 3.85. The Balaban J connectivity index is 2.06. The van der Waals surface area contributed by atoms with Gasteiger partial charge in [-0.05, 0) is 39.2 Å². The van der Waals surface area contributed by atoms with E-state index in [0.29, 0.717) is 18.1 Å². The molecule has 2 fully saturated rings. The maximum Gasteiger partial charge on any atom is 0.236 e. The third-order valence-electron chi connectivity index (χ3n) is 4.60. The Labute approximate surface area is 110 Å². The van der Waals surface area contributed by atoms with Crippen LogP contribution in [-0.2, 0) is 4.79 Å². The lowest BCUT2D eigenvalue weighted by molar-refractivity contribution is -0.130. The average Bonchev–Trinajstić information content (AvgIpc) is 2.36. The average molecular weight is 253 g/mol. The summed E-state index contributed by atoms with van der Waals surface area (Å²) in [5, 5.41) is 6.38. The zero-order chi connectivity index (χ0) is 13.1. The van der Waals surface area contributed by atoms with Gasteiger partial charge < -0.3 is 10.6 Å². The molecule has 4 heteroatoms. The Kier molecular flexibility index (Phi) is 4.62. The summed E-state index contributed by atoms with van der Waals surface area (Å²) < 4.78 is 0.